The molecular weight excluding hydrogens is 322 g/mol. The summed E-state index contributed by atoms with van der Waals surface area (Å²) in [5, 5.41) is 3.14. The van der Waals surface area contributed by atoms with E-state index in [1.807, 2.05) is 6.92 Å². The Morgan fingerprint density at radius 1 is 1.13 bits per heavy atom. The van der Waals surface area contributed by atoms with E-state index < -0.39 is 21.5 Å². The Morgan fingerprint density at radius 2 is 1.83 bits per heavy atom. The van der Waals surface area contributed by atoms with Crippen molar-refractivity contribution in [1.82, 2.24) is 10.3 Å². The number of halogens is 2. The second-order valence-corrected chi connectivity index (χ2v) is 7.63. The predicted molar refractivity (Wildman–Crippen MR) is 84.4 cm³/mol. The molecule has 0 spiro atoms. The molecule has 0 bridgehead atoms. The van der Waals surface area contributed by atoms with Crippen LogP contribution >= 0.6 is 0 Å². The lowest BCUT2D eigenvalue weighted by atomic mass is 10.1. The average Bonchev–Trinajstić information content (AvgIpc) is 2.46. The summed E-state index contributed by atoms with van der Waals surface area (Å²) >= 11 is 0. The van der Waals surface area contributed by atoms with E-state index in [1.165, 1.54) is 24.3 Å². The van der Waals surface area contributed by atoms with E-state index in [1.54, 1.807) is 6.07 Å². The zero-order valence-corrected chi connectivity index (χ0v) is 13.7. The molecule has 0 aliphatic rings. The lowest BCUT2D eigenvalue weighted by molar-refractivity contribution is 0.549. The van der Waals surface area contributed by atoms with Gasteiger partial charge in [-0.15, -0.1) is 0 Å². The lowest BCUT2D eigenvalue weighted by Gasteiger charge is -2.15. The fraction of sp³-hybridized carbons (Fsp3) is 0.312. The summed E-state index contributed by atoms with van der Waals surface area (Å²) in [5.74, 6) is -0.985. The number of pyridine rings is 1. The Morgan fingerprint density at radius 3 is 2.43 bits per heavy atom. The second kappa shape index (κ2) is 7.14. The summed E-state index contributed by atoms with van der Waals surface area (Å²) in [5.41, 5.74) is 1.78. The Balaban J connectivity index is 2.13. The first-order valence-electron chi connectivity index (χ1n) is 7.04. The van der Waals surface area contributed by atoms with Gasteiger partial charge in [-0.2, -0.15) is 0 Å². The fourth-order valence-electron chi connectivity index (χ4n) is 2.19. The van der Waals surface area contributed by atoms with Crippen LogP contribution in [-0.4, -0.2) is 19.7 Å². The van der Waals surface area contributed by atoms with E-state index in [2.05, 4.69) is 10.3 Å². The molecule has 1 N–H and O–H groups in total. The minimum Gasteiger partial charge on any atom is -0.305 e. The van der Waals surface area contributed by atoms with Crippen LogP contribution in [0.1, 0.15) is 29.8 Å². The van der Waals surface area contributed by atoms with Crippen LogP contribution in [0.25, 0.3) is 0 Å². The molecule has 0 amide bonds. The maximum atomic E-state index is 13.4. The van der Waals surface area contributed by atoms with Crippen LogP contribution in [0.15, 0.2) is 36.5 Å². The molecule has 1 heterocycles. The van der Waals surface area contributed by atoms with Crippen LogP contribution in [0.3, 0.4) is 0 Å². The Labute approximate surface area is 134 Å². The van der Waals surface area contributed by atoms with Gasteiger partial charge in [0.25, 0.3) is 0 Å². The van der Waals surface area contributed by atoms with Crippen molar-refractivity contribution in [3.8, 4) is 0 Å². The lowest BCUT2D eigenvalue weighted by Crippen LogP contribution is -2.20. The fourth-order valence-corrected chi connectivity index (χ4v) is 3.04. The highest BCUT2D eigenvalue weighted by Gasteiger charge is 2.12. The first-order valence-corrected chi connectivity index (χ1v) is 9.10. The molecule has 7 heteroatoms. The molecule has 0 saturated heterocycles. The zero-order valence-electron chi connectivity index (χ0n) is 12.9. The van der Waals surface area contributed by atoms with Crippen molar-refractivity contribution in [1.29, 1.82) is 0 Å². The van der Waals surface area contributed by atoms with Crippen molar-refractivity contribution < 1.29 is 17.2 Å². The Kier molecular flexibility index (Phi) is 5.43. The van der Waals surface area contributed by atoms with Gasteiger partial charge in [-0.1, -0.05) is 6.07 Å². The van der Waals surface area contributed by atoms with Gasteiger partial charge in [-0.3, -0.25) is 4.98 Å². The molecule has 4 nitrogen and oxygen atoms in total. The summed E-state index contributed by atoms with van der Waals surface area (Å²) < 4.78 is 49.3. The van der Waals surface area contributed by atoms with E-state index in [0.29, 0.717) is 16.8 Å². The highest BCUT2D eigenvalue weighted by atomic mass is 32.2. The Hall–Kier alpha value is -1.86. The van der Waals surface area contributed by atoms with Crippen molar-refractivity contribution in [3.63, 3.8) is 0 Å². The highest BCUT2D eigenvalue weighted by molar-refractivity contribution is 7.89. The monoisotopic (exact) mass is 340 g/mol. The zero-order chi connectivity index (χ0) is 17.0. The molecule has 2 aromatic rings. The number of rotatable bonds is 6. The van der Waals surface area contributed by atoms with Gasteiger partial charge >= 0.3 is 0 Å². The maximum Gasteiger partial charge on any atom is 0.151 e. The smallest absolute Gasteiger partial charge is 0.151 e. The first kappa shape index (κ1) is 17.5. The molecule has 23 heavy (non-hydrogen) atoms. The van der Waals surface area contributed by atoms with Crippen LogP contribution < -0.4 is 5.32 Å². The summed E-state index contributed by atoms with van der Waals surface area (Å²) in [6, 6.07) is 6.74. The molecule has 1 aromatic carbocycles. The largest absolute Gasteiger partial charge is 0.305 e. The van der Waals surface area contributed by atoms with E-state index in [0.717, 1.165) is 12.5 Å². The minimum atomic E-state index is -3.21. The van der Waals surface area contributed by atoms with Crippen LogP contribution in [0.4, 0.5) is 8.78 Å². The van der Waals surface area contributed by atoms with Crippen molar-refractivity contribution >= 4 is 9.84 Å². The third kappa shape index (κ3) is 5.37. The molecule has 2 rings (SSSR count). The number of sulfone groups is 1. The number of aromatic nitrogens is 1. The normalized spacial score (nSPS) is 13.0. The molecule has 0 fully saturated rings. The first-order chi connectivity index (χ1) is 10.7. The molecule has 0 aliphatic heterocycles. The quantitative estimate of drug-likeness (QED) is 0.878. The molecular formula is C16H18F2N2O2S. The number of hydrogen-bond donors (Lipinski definition) is 1. The third-order valence-electron chi connectivity index (χ3n) is 3.38. The average molecular weight is 340 g/mol. The van der Waals surface area contributed by atoms with E-state index in [-0.39, 0.29) is 18.3 Å². The van der Waals surface area contributed by atoms with Gasteiger partial charge in [0.05, 0.1) is 17.6 Å². The number of hydrogen-bond acceptors (Lipinski definition) is 4. The van der Waals surface area contributed by atoms with E-state index in [9.17, 15) is 17.2 Å². The SMILES string of the molecule is C[C@@H](NCc1cc(F)ccc1CS(C)(=O)=O)c1ccc(F)cn1. The minimum absolute atomic E-state index is 0.145. The van der Waals surface area contributed by atoms with E-state index >= 15 is 0 Å². The third-order valence-corrected chi connectivity index (χ3v) is 4.21. The van der Waals surface area contributed by atoms with Gasteiger partial charge in [-0.05, 0) is 42.3 Å². The molecule has 0 aliphatic carbocycles. The van der Waals surface area contributed by atoms with Gasteiger partial charge < -0.3 is 5.32 Å². The molecule has 1 atom stereocenters. The molecule has 0 saturated carbocycles. The van der Waals surface area contributed by atoms with Crippen LogP contribution in [0, 0.1) is 11.6 Å². The summed E-state index contributed by atoms with van der Waals surface area (Å²) in [6.07, 6.45) is 2.27. The summed E-state index contributed by atoms with van der Waals surface area (Å²) in [7, 11) is -3.21. The standard InChI is InChI=1S/C16H18F2N2O2S/c1-11(16-6-5-15(18)9-20-16)19-8-13-7-14(17)4-3-12(13)10-23(2,21)22/h3-7,9,11,19H,8,10H2,1-2H3/t11-/m1/s1. The Bertz CT molecular complexity index is 777. The topological polar surface area (TPSA) is 59.1 Å². The molecule has 1 aromatic heterocycles. The van der Waals surface area contributed by atoms with Crippen molar-refractivity contribution in [2.45, 2.75) is 25.3 Å². The van der Waals surface area contributed by atoms with Crippen LogP contribution in [0.5, 0.6) is 0 Å². The van der Waals surface area contributed by atoms with Crippen molar-refractivity contribution in [2.24, 2.45) is 0 Å². The van der Waals surface area contributed by atoms with Crippen LogP contribution in [-0.2, 0) is 22.1 Å². The maximum absolute atomic E-state index is 13.4. The second-order valence-electron chi connectivity index (χ2n) is 5.49. The number of nitrogens with zero attached hydrogens (tertiary/aromatic N) is 1. The van der Waals surface area contributed by atoms with Gasteiger partial charge in [-0.25, -0.2) is 17.2 Å². The summed E-state index contributed by atoms with van der Waals surface area (Å²) in [4.78, 5) is 3.98. The number of nitrogens with one attached hydrogen (secondary N) is 1. The van der Waals surface area contributed by atoms with E-state index in [4.69, 9.17) is 0 Å². The van der Waals surface area contributed by atoms with Crippen molar-refractivity contribution in [3.05, 3.63) is 65.0 Å². The predicted octanol–water partition coefficient (Wildman–Crippen LogP) is 2.76. The molecule has 0 radical (unpaired) electrons. The van der Waals surface area contributed by atoms with Crippen LogP contribution in [0.2, 0.25) is 0 Å². The van der Waals surface area contributed by atoms with Gasteiger partial charge in [0.1, 0.15) is 11.6 Å². The molecule has 0 unspecified atom stereocenters. The number of benzene rings is 1. The highest BCUT2D eigenvalue weighted by Crippen LogP contribution is 2.16. The van der Waals surface area contributed by atoms with Gasteiger partial charge in [0, 0.05) is 18.8 Å². The van der Waals surface area contributed by atoms with Gasteiger partial charge in [0.2, 0.25) is 0 Å². The molecule has 124 valence electrons. The van der Waals surface area contributed by atoms with Crippen molar-refractivity contribution in [2.75, 3.05) is 6.26 Å². The van der Waals surface area contributed by atoms with Gasteiger partial charge in [0.15, 0.2) is 9.84 Å². The summed E-state index contributed by atoms with van der Waals surface area (Å²) in [6.45, 7) is 2.12.